The van der Waals surface area contributed by atoms with E-state index >= 15 is 0 Å². The van der Waals surface area contributed by atoms with E-state index in [4.69, 9.17) is 9.72 Å². The fraction of sp³-hybridized carbons (Fsp3) is 0.520. The van der Waals surface area contributed by atoms with Crippen molar-refractivity contribution < 1.29 is 9.13 Å². The van der Waals surface area contributed by atoms with E-state index < -0.39 is 0 Å². The van der Waals surface area contributed by atoms with Crippen molar-refractivity contribution in [2.24, 2.45) is 5.92 Å². The lowest BCUT2D eigenvalue weighted by atomic mass is 9.87. The zero-order valence-electron chi connectivity index (χ0n) is 18.3. The van der Waals surface area contributed by atoms with Crippen molar-refractivity contribution >= 4 is 5.65 Å². The van der Waals surface area contributed by atoms with Crippen LogP contribution >= 0.6 is 0 Å². The molecule has 6 heteroatoms. The van der Waals surface area contributed by atoms with Crippen LogP contribution in [0.4, 0.5) is 4.39 Å². The number of piperidine rings is 1. The second-order valence-electron chi connectivity index (χ2n) is 9.02. The van der Waals surface area contributed by atoms with Crippen LogP contribution in [-0.2, 0) is 6.42 Å². The lowest BCUT2D eigenvalue weighted by Crippen LogP contribution is -2.46. The van der Waals surface area contributed by atoms with Crippen LogP contribution in [0.2, 0.25) is 0 Å². The maximum atomic E-state index is 14.8. The second-order valence-corrected chi connectivity index (χ2v) is 9.02. The summed E-state index contributed by atoms with van der Waals surface area (Å²) in [4.78, 5) is 7.43. The molecule has 0 amide bonds. The summed E-state index contributed by atoms with van der Waals surface area (Å²) in [6.07, 6.45) is 11.8. The van der Waals surface area contributed by atoms with Crippen LogP contribution in [0.1, 0.15) is 51.1 Å². The first-order chi connectivity index (χ1) is 15.2. The molecule has 2 atom stereocenters. The molecule has 0 spiro atoms. The molecule has 3 aromatic rings. The number of nitrogens with zero attached hydrogens (tertiary/aromatic N) is 4. The number of hydrogen-bond donors (Lipinski definition) is 0. The van der Waals surface area contributed by atoms with Crippen molar-refractivity contribution in [1.82, 2.24) is 19.5 Å². The Labute approximate surface area is 183 Å². The maximum Gasteiger partial charge on any atom is 0.163 e. The zero-order valence-corrected chi connectivity index (χ0v) is 18.3. The van der Waals surface area contributed by atoms with Gasteiger partial charge in [-0.05, 0) is 75.4 Å². The molecule has 4 bridgehead atoms. The lowest BCUT2D eigenvalue weighted by molar-refractivity contribution is 0.0691. The summed E-state index contributed by atoms with van der Waals surface area (Å²) in [6, 6.07) is 7.48. The Morgan fingerprint density at radius 2 is 2.10 bits per heavy atom. The highest BCUT2D eigenvalue weighted by Gasteiger charge is 2.28. The first-order valence-corrected chi connectivity index (χ1v) is 11.7. The lowest BCUT2D eigenvalue weighted by Gasteiger charge is -2.39. The van der Waals surface area contributed by atoms with Crippen LogP contribution in [0.15, 0.2) is 36.7 Å². The molecule has 31 heavy (non-hydrogen) atoms. The molecule has 2 aromatic heterocycles. The highest BCUT2D eigenvalue weighted by Crippen LogP contribution is 2.32. The topological polar surface area (TPSA) is 42.7 Å². The molecule has 0 aliphatic carbocycles. The zero-order chi connectivity index (χ0) is 21.2. The highest BCUT2D eigenvalue weighted by molar-refractivity contribution is 5.78. The summed E-state index contributed by atoms with van der Waals surface area (Å²) in [5, 5.41) is 4.38. The molecule has 0 saturated carbocycles. The molecule has 1 unspecified atom stereocenters. The fourth-order valence-electron chi connectivity index (χ4n) is 5.17. The van der Waals surface area contributed by atoms with Gasteiger partial charge in [0.05, 0.1) is 6.20 Å². The largest absolute Gasteiger partial charge is 0.492 e. The number of hydrogen-bond acceptors (Lipinski definition) is 4. The molecular weight excluding hydrogens is 391 g/mol. The van der Waals surface area contributed by atoms with Crippen molar-refractivity contribution in [3.05, 3.63) is 48.2 Å². The molecule has 0 radical (unpaired) electrons. The van der Waals surface area contributed by atoms with Crippen LogP contribution in [0.25, 0.3) is 16.8 Å². The van der Waals surface area contributed by atoms with Crippen molar-refractivity contribution in [3.8, 4) is 16.9 Å². The quantitative estimate of drug-likeness (QED) is 0.574. The minimum Gasteiger partial charge on any atom is -0.492 e. The number of benzene rings is 1. The Morgan fingerprint density at radius 3 is 3.00 bits per heavy atom. The Bertz CT molecular complexity index is 1050. The van der Waals surface area contributed by atoms with Gasteiger partial charge in [-0.3, -0.25) is 4.90 Å². The summed E-state index contributed by atoms with van der Waals surface area (Å²) in [5.74, 6) is 1.22. The van der Waals surface area contributed by atoms with Gasteiger partial charge in [0.1, 0.15) is 18.2 Å². The minimum atomic E-state index is -0.277. The SMILES string of the molecule is CCCC1CCN2CCCCc3ccn4ncc(c4n3)-c3cc(ccc3F)OC[C@H]2C1. The Morgan fingerprint density at radius 1 is 1.16 bits per heavy atom. The van der Waals surface area contributed by atoms with Gasteiger partial charge in [-0.1, -0.05) is 19.8 Å². The number of halogens is 1. The molecule has 164 valence electrons. The van der Waals surface area contributed by atoms with Crippen LogP contribution in [-0.4, -0.2) is 45.2 Å². The fourth-order valence-corrected chi connectivity index (χ4v) is 5.17. The molecular formula is C25H31FN4O. The third-order valence-corrected chi connectivity index (χ3v) is 6.87. The normalized spacial score (nSPS) is 22.5. The number of aromatic nitrogens is 3. The van der Waals surface area contributed by atoms with Gasteiger partial charge in [0.2, 0.25) is 0 Å². The molecule has 2 aliphatic rings. The monoisotopic (exact) mass is 422 g/mol. The standard InChI is InChI=1S/C25H31FN4O/c1-2-5-18-9-12-29-11-4-3-6-19-10-13-30-25(28-19)23(16-27-30)22-15-21(7-8-24(22)26)31-17-20(29)14-18/h7-8,10,13,15-16,18,20H,2-6,9,11-12,14,17H2,1H3/t18?,20-/m1/s1. The predicted molar refractivity (Wildman–Crippen MR) is 120 cm³/mol. The summed E-state index contributed by atoms with van der Waals surface area (Å²) >= 11 is 0. The van der Waals surface area contributed by atoms with Crippen LogP contribution in [0, 0.1) is 11.7 Å². The van der Waals surface area contributed by atoms with Gasteiger partial charge in [0.25, 0.3) is 0 Å². The molecule has 5 nitrogen and oxygen atoms in total. The molecule has 0 N–H and O–H groups in total. The van der Waals surface area contributed by atoms with Gasteiger partial charge in [0.15, 0.2) is 5.65 Å². The third-order valence-electron chi connectivity index (χ3n) is 6.87. The van der Waals surface area contributed by atoms with Gasteiger partial charge in [-0.2, -0.15) is 5.10 Å². The predicted octanol–water partition coefficient (Wildman–Crippen LogP) is 5.13. The summed E-state index contributed by atoms with van der Waals surface area (Å²) < 4.78 is 22.7. The van der Waals surface area contributed by atoms with Crippen LogP contribution in [0.3, 0.4) is 0 Å². The number of ether oxygens (including phenoxy) is 1. The second kappa shape index (κ2) is 8.95. The van der Waals surface area contributed by atoms with E-state index in [0.29, 0.717) is 35.2 Å². The van der Waals surface area contributed by atoms with Gasteiger partial charge >= 0.3 is 0 Å². The number of aryl methyl sites for hydroxylation is 1. The van der Waals surface area contributed by atoms with E-state index in [9.17, 15) is 4.39 Å². The van der Waals surface area contributed by atoms with E-state index in [0.717, 1.165) is 44.0 Å². The smallest absolute Gasteiger partial charge is 0.163 e. The van der Waals surface area contributed by atoms with Crippen molar-refractivity contribution in [1.29, 1.82) is 0 Å². The number of fused-ring (bicyclic) bond motifs is 5. The average molecular weight is 423 g/mol. The summed E-state index contributed by atoms with van der Waals surface area (Å²) in [5.41, 5.74) is 2.94. The van der Waals surface area contributed by atoms with Crippen LogP contribution < -0.4 is 4.74 Å². The Hall–Kier alpha value is -2.47. The summed E-state index contributed by atoms with van der Waals surface area (Å²) in [6.45, 7) is 5.17. The minimum absolute atomic E-state index is 0.277. The van der Waals surface area contributed by atoms with Crippen LogP contribution in [0.5, 0.6) is 5.75 Å². The molecule has 2 aliphatic heterocycles. The number of rotatable bonds is 2. The molecule has 1 aromatic carbocycles. The first-order valence-electron chi connectivity index (χ1n) is 11.7. The Balaban J connectivity index is 1.48. The van der Waals surface area contributed by atoms with Gasteiger partial charge in [0, 0.05) is 29.1 Å². The molecule has 4 heterocycles. The van der Waals surface area contributed by atoms with E-state index in [2.05, 4.69) is 16.9 Å². The Kier molecular flexibility index (Phi) is 5.90. The molecule has 5 rings (SSSR count). The highest BCUT2D eigenvalue weighted by atomic mass is 19.1. The van der Waals surface area contributed by atoms with Crippen molar-refractivity contribution in [2.45, 2.75) is 57.9 Å². The average Bonchev–Trinajstić information content (AvgIpc) is 3.20. The van der Waals surface area contributed by atoms with Gasteiger partial charge < -0.3 is 4.74 Å². The third kappa shape index (κ3) is 4.31. The van der Waals surface area contributed by atoms with Gasteiger partial charge in [-0.15, -0.1) is 0 Å². The van der Waals surface area contributed by atoms with E-state index in [1.165, 1.54) is 31.7 Å². The summed E-state index contributed by atoms with van der Waals surface area (Å²) in [7, 11) is 0. The molecule has 1 fully saturated rings. The molecule has 1 saturated heterocycles. The maximum absolute atomic E-state index is 14.8. The van der Waals surface area contributed by atoms with E-state index in [-0.39, 0.29) is 5.82 Å². The van der Waals surface area contributed by atoms with E-state index in [1.807, 2.05) is 12.3 Å². The first kappa shape index (κ1) is 20.4. The van der Waals surface area contributed by atoms with E-state index in [1.54, 1.807) is 22.8 Å². The van der Waals surface area contributed by atoms with Gasteiger partial charge in [-0.25, -0.2) is 13.9 Å². The van der Waals surface area contributed by atoms with Crippen molar-refractivity contribution in [3.63, 3.8) is 0 Å². The van der Waals surface area contributed by atoms with Crippen molar-refractivity contribution in [2.75, 3.05) is 19.7 Å².